The van der Waals surface area contributed by atoms with Crippen molar-refractivity contribution in [3.8, 4) is 5.75 Å². The summed E-state index contributed by atoms with van der Waals surface area (Å²) in [6, 6.07) is 9.66. The Hall–Kier alpha value is -1.02. The molecule has 1 fully saturated rings. The van der Waals surface area contributed by atoms with E-state index in [0.717, 1.165) is 12.4 Å². The molecule has 2 aliphatic rings. The van der Waals surface area contributed by atoms with E-state index in [0.29, 0.717) is 18.0 Å². The number of hydrogen-bond acceptors (Lipinski definition) is 2. The standard InChI is InChI=1S/C15H21NO/c1-11-10-17-14-9-5-4-8-13(14)15(11)16-12-6-2-3-7-12/h4-5,8-9,11-12,15-16H,2-3,6-7,10H2,1H3. The van der Waals surface area contributed by atoms with Crippen LogP contribution in [0.15, 0.2) is 24.3 Å². The first-order valence-corrected chi connectivity index (χ1v) is 6.82. The Labute approximate surface area is 103 Å². The fraction of sp³-hybridized carbons (Fsp3) is 0.600. The summed E-state index contributed by atoms with van der Waals surface area (Å²) in [6.07, 6.45) is 5.45. The summed E-state index contributed by atoms with van der Waals surface area (Å²) in [5.41, 5.74) is 1.35. The fourth-order valence-corrected chi connectivity index (χ4v) is 3.09. The zero-order valence-electron chi connectivity index (χ0n) is 10.5. The molecule has 0 bridgehead atoms. The van der Waals surface area contributed by atoms with Gasteiger partial charge in [-0.3, -0.25) is 0 Å². The minimum absolute atomic E-state index is 0.475. The SMILES string of the molecule is CC1COc2ccccc2C1NC1CCCC1. The molecule has 0 aromatic heterocycles. The summed E-state index contributed by atoms with van der Waals surface area (Å²) in [7, 11) is 0. The van der Waals surface area contributed by atoms with Gasteiger partial charge in [-0.25, -0.2) is 0 Å². The van der Waals surface area contributed by atoms with E-state index in [1.165, 1.54) is 31.2 Å². The van der Waals surface area contributed by atoms with Crippen molar-refractivity contribution in [2.75, 3.05) is 6.61 Å². The normalized spacial score (nSPS) is 28.8. The molecule has 92 valence electrons. The third-order valence-electron chi connectivity index (χ3n) is 4.10. The van der Waals surface area contributed by atoms with Crippen LogP contribution in [0.3, 0.4) is 0 Å². The Balaban J connectivity index is 1.81. The maximum atomic E-state index is 5.79. The summed E-state index contributed by atoms with van der Waals surface area (Å²) in [6.45, 7) is 3.12. The van der Waals surface area contributed by atoms with E-state index in [9.17, 15) is 0 Å². The van der Waals surface area contributed by atoms with E-state index < -0.39 is 0 Å². The predicted molar refractivity (Wildman–Crippen MR) is 69.2 cm³/mol. The van der Waals surface area contributed by atoms with Gasteiger partial charge in [0.2, 0.25) is 0 Å². The zero-order valence-corrected chi connectivity index (χ0v) is 10.5. The molecule has 17 heavy (non-hydrogen) atoms. The van der Waals surface area contributed by atoms with Gasteiger partial charge in [-0.2, -0.15) is 0 Å². The molecule has 0 saturated heterocycles. The van der Waals surface area contributed by atoms with Crippen LogP contribution in [0.4, 0.5) is 0 Å². The zero-order chi connectivity index (χ0) is 11.7. The predicted octanol–water partition coefficient (Wildman–Crippen LogP) is 3.29. The van der Waals surface area contributed by atoms with E-state index in [2.05, 4.69) is 36.5 Å². The molecule has 0 spiro atoms. The third-order valence-corrected chi connectivity index (χ3v) is 4.10. The van der Waals surface area contributed by atoms with E-state index in [4.69, 9.17) is 4.74 Å². The molecular weight excluding hydrogens is 210 g/mol. The smallest absolute Gasteiger partial charge is 0.124 e. The minimum atomic E-state index is 0.475. The molecule has 1 aromatic rings. The van der Waals surface area contributed by atoms with Gasteiger partial charge < -0.3 is 10.1 Å². The molecule has 0 radical (unpaired) electrons. The molecule has 0 amide bonds. The first-order valence-electron chi connectivity index (χ1n) is 6.82. The molecule has 2 unspecified atom stereocenters. The van der Waals surface area contributed by atoms with Gasteiger partial charge in [-0.1, -0.05) is 38.0 Å². The van der Waals surface area contributed by atoms with Gasteiger partial charge >= 0.3 is 0 Å². The quantitative estimate of drug-likeness (QED) is 0.843. The Morgan fingerprint density at radius 1 is 1.18 bits per heavy atom. The van der Waals surface area contributed by atoms with Crippen molar-refractivity contribution in [2.24, 2.45) is 5.92 Å². The topological polar surface area (TPSA) is 21.3 Å². The number of benzene rings is 1. The van der Waals surface area contributed by atoms with E-state index in [1.807, 2.05) is 0 Å². The maximum Gasteiger partial charge on any atom is 0.124 e. The number of fused-ring (bicyclic) bond motifs is 1. The van der Waals surface area contributed by atoms with Crippen LogP contribution >= 0.6 is 0 Å². The summed E-state index contributed by atoms with van der Waals surface area (Å²) in [5, 5.41) is 3.84. The van der Waals surface area contributed by atoms with Crippen molar-refractivity contribution in [3.63, 3.8) is 0 Å². The Morgan fingerprint density at radius 3 is 2.76 bits per heavy atom. The second kappa shape index (κ2) is 4.69. The summed E-state index contributed by atoms with van der Waals surface area (Å²) in [5.74, 6) is 1.63. The highest BCUT2D eigenvalue weighted by atomic mass is 16.5. The Bertz CT molecular complexity index is 384. The molecule has 1 N–H and O–H groups in total. The minimum Gasteiger partial charge on any atom is -0.493 e. The Morgan fingerprint density at radius 2 is 1.94 bits per heavy atom. The lowest BCUT2D eigenvalue weighted by Crippen LogP contribution is -2.38. The van der Waals surface area contributed by atoms with Crippen LogP contribution < -0.4 is 10.1 Å². The number of nitrogens with one attached hydrogen (secondary N) is 1. The van der Waals surface area contributed by atoms with Crippen molar-refractivity contribution in [2.45, 2.75) is 44.7 Å². The number of rotatable bonds is 2. The number of hydrogen-bond donors (Lipinski definition) is 1. The number of ether oxygens (including phenoxy) is 1. The van der Waals surface area contributed by atoms with Crippen molar-refractivity contribution in [1.82, 2.24) is 5.32 Å². The molecule has 1 aromatic carbocycles. The van der Waals surface area contributed by atoms with Crippen LogP contribution in [-0.4, -0.2) is 12.6 Å². The second-order valence-electron chi connectivity index (χ2n) is 5.45. The second-order valence-corrected chi connectivity index (χ2v) is 5.45. The van der Waals surface area contributed by atoms with Crippen LogP contribution in [0, 0.1) is 5.92 Å². The van der Waals surface area contributed by atoms with E-state index in [1.54, 1.807) is 0 Å². The molecule has 1 heterocycles. The van der Waals surface area contributed by atoms with Gasteiger partial charge in [0.15, 0.2) is 0 Å². The van der Waals surface area contributed by atoms with Crippen molar-refractivity contribution < 1.29 is 4.74 Å². The molecule has 2 nitrogen and oxygen atoms in total. The van der Waals surface area contributed by atoms with Gasteiger partial charge in [-0.15, -0.1) is 0 Å². The van der Waals surface area contributed by atoms with Crippen molar-refractivity contribution >= 4 is 0 Å². The van der Waals surface area contributed by atoms with E-state index >= 15 is 0 Å². The monoisotopic (exact) mass is 231 g/mol. The first kappa shape index (κ1) is 11.1. The van der Waals surface area contributed by atoms with Crippen LogP contribution in [0.2, 0.25) is 0 Å². The first-order chi connectivity index (χ1) is 8.34. The lowest BCUT2D eigenvalue weighted by molar-refractivity contribution is 0.180. The molecular formula is C15H21NO. The van der Waals surface area contributed by atoms with Gasteiger partial charge in [0.05, 0.1) is 6.61 Å². The highest BCUT2D eigenvalue weighted by molar-refractivity contribution is 5.38. The van der Waals surface area contributed by atoms with Crippen molar-refractivity contribution in [3.05, 3.63) is 29.8 Å². The van der Waals surface area contributed by atoms with Crippen LogP contribution in [0.5, 0.6) is 5.75 Å². The highest BCUT2D eigenvalue weighted by Gasteiger charge is 2.30. The molecule has 2 heteroatoms. The largest absolute Gasteiger partial charge is 0.493 e. The molecule has 3 rings (SSSR count). The van der Waals surface area contributed by atoms with Crippen molar-refractivity contribution in [1.29, 1.82) is 0 Å². The highest BCUT2D eigenvalue weighted by Crippen LogP contribution is 2.36. The lowest BCUT2D eigenvalue weighted by atomic mass is 9.91. The van der Waals surface area contributed by atoms with E-state index in [-0.39, 0.29) is 0 Å². The Kier molecular flexibility index (Phi) is 3.06. The molecule has 1 aliphatic heterocycles. The molecule has 1 aliphatic carbocycles. The van der Waals surface area contributed by atoms with Crippen LogP contribution in [0.25, 0.3) is 0 Å². The van der Waals surface area contributed by atoms with Gasteiger partial charge in [0.1, 0.15) is 5.75 Å². The molecule has 1 saturated carbocycles. The summed E-state index contributed by atoms with van der Waals surface area (Å²) < 4.78 is 5.79. The average Bonchev–Trinajstić information content (AvgIpc) is 2.86. The lowest BCUT2D eigenvalue weighted by Gasteiger charge is -2.34. The summed E-state index contributed by atoms with van der Waals surface area (Å²) in [4.78, 5) is 0. The molecule has 2 atom stereocenters. The maximum absolute atomic E-state index is 5.79. The van der Waals surface area contributed by atoms with Gasteiger partial charge in [0, 0.05) is 23.6 Å². The fourth-order valence-electron chi connectivity index (χ4n) is 3.09. The average molecular weight is 231 g/mol. The van der Waals surface area contributed by atoms with Crippen LogP contribution in [0.1, 0.15) is 44.2 Å². The third kappa shape index (κ3) is 2.19. The van der Waals surface area contributed by atoms with Gasteiger partial charge in [0.25, 0.3) is 0 Å². The van der Waals surface area contributed by atoms with Gasteiger partial charge in [-0.05, 0) is 18.9 Å². The van der Waals surface area contributed by atoms with Crippen LogP contribution in [-0.2, 0) is 0 Å². The summed E-state index contributed by atoms with van der Waals surface area (Å²) >= 11 is 0. The number of para-hydroxylation sites is 1.